The Morgan fingerprint density at radius 3 is 2.92 bits per heavy atom. The zero-order chi connectivity index (χ0) is 17.8. The molecule has 1 fully saturated rings. The van der Waals surface area contributed by atoms with E-state index in [0.29, 0.717) is 23.4 Å². The number of carbonyl (C=O) groups excluding carboxylic acids is 1. The van der Waals surface area contributed by atoms with E-state index < -0.39 is 0 Å². The third-order valence-electron chi connectivity index (χ3n) is 4.35. The second kappa shape index (κ2) is 7.50. The Balaban J connectivity index is 1.59. The minimum Gasteiger partial charge on any atom is -0.354 e. The van der Waals surface area contributed by atoms with Gasteiger partial charge in [0, 0.05) is 12.6 Å². The van der Waals surface area contributed by atoms with Crippen LogP contribution in [-0.4, -0.2) is 33.7 Å². The number of carbonyl (C=O) groups is 1. The molecule has 1 unspecified atom stereocenters. The molecule has 3 heterocycles. The summed E-state index contributed by atoms with van der Waals surface area (Å²) >= 11 is 0. The number of urea groups is 1. The summed E-state index contributed by atoms with van der Waals surface area (Å²) in [5.74, 6) is 1.91. The van der Waals surface area contributed by atoms with Crippen LogP contribution in [-0.2, 0) is 6.54 Å². The highest BCUT2D eigenvalue weighted by Gasteiger charge is 2.21. The molecule has 0 bridgehead atoms. The number of rotatable bonds is 4. The summed E-state index contributed by atoms with van der Waals surface area (Å²) in [4.78, 5) is 22.9. The van der Waals surface area contributed by atoms with Crippen LogP contribution in [0.4, 0.5) is 16.3 Å². The lowest BCUT2D eigenvalue weighted by Crippen LogP contribution is -2.38. The number of piperidine rings is 1. The summed E-state index contributed by atoms with van der Waals surface area (Å²) in [5.41, 5.74) is 1.71. The maximum atomic E-state index is 12.0. The molecule has 0 spiro atoms. The summed E-state index contributed by atoms with van der Waals surface area (Å²) in [6.45, 7) is 7.20. The molecule has 2 amide bonds. The number of nitrogens with zero attached hydrogens (tertiary/aromatic N) is 4. The van der Waals surface area contributed by atoms with Crippen LogP contribution in [0.5, 0.6) is 0 Å². The van der Waals surface area contributed by atoms with Crippen LogP contribution in [0.1, 0.15) is 43.5 Å². The van der Waals surface area contributed by atoms with Crippen molar-refractivity contribution in [1.29, 1.82) is 0 Å². The highest BCUT2D eigenvalue weighted by molar-refractivity contribution is 5.89. The number of amides is 2. The highest BCUT2D eigenvalue weighted by Crippen LogP contribution is 2.27. The van der Waals surface area contributed by atoms with Crippen LogP contribution in [0.3, 0.4) is 0 Å². The van der Waals surface area contributed by atoms with Crippen LogP contribution in [0, 0.1) is 13.8 Å². The molecule has 1 aliphatic rings. The largest absolute Gasteiger partial charge is 0.354 e. The molecule has 25 heavy (non-hydrogen) atoms. The Morgan fingerprint density at radius 1 is 1.40 bits per heavy atom. The van der Waals surface area contributed by atoms with Gasteiger partial charge in [-0.15, -0.1) is 0 Å². The van der Waals surface area contributed by atoms with Gasteiger partial charge in [0.25, 0.3) is 0 Å². The number of aryl methyl sites for hydroxylation is 2. The smallest absolute Gasteiger partial charge is 0.319 e. The van der Waals surface area contributed by atoms with Crippen molar-refractivity contribution in [3.05, 3.63) is 29.5 Å². The van der Waals surface area contributed by atoms with Crippen molar-refractivity contribution in [2.75, 3.05) is 16.8 Å². The van der Waals surface area contributed by atoms with Gasteiger partial charge in [0.1, 0.15) is 5.82 Å². The molecule has 0 aromatic carbocycles. The van der Waals surface area contributed by atoms with Gasteiger partial charge < -0.3 is 20.1 Å². The van der Waals surface area contributed by atoms with E-state index in [1.165, 1.54) is 19.3 Å². The average molecular weight is 344 g/mol. The van der Waals surface area contributed by atoms with Crippen molar-refractivity contribution in [2.24, 2.45) is 0 Å². The van der Waals surface area contributed by atoms with Gasteiger partial charge in [-0.25, -0.2) is 9.78 Å². The molecule has 0 saturated carbocycles. The molecule has 2 aromatic heterocycles. The summed E-state index contributed by atoms with van der Waals surface area (Å²) in [6, 6.07) is 2.11. The van der Waals surface area contributed by atoms with Crippen LogP contribution < -0.4 is 15.5 Å². The Kier molecular flexibility index (Phi) is 5.16. The first kappa shape index (κ1) is 17.2. The Morgan fingerprint density at radius 2 is 2.24 bits per heavy atom. The monoisotopic (exact) mass is 344 g/mol. The first-order valence-electron chi connectivity index (χ1n) is 8.60. The molecule has 2 aromatic rings. The van der Waals surface area contributed by atoms with E-state index in [1.54, 1.807) is 13.1 Å². The molecule has 8 heteroatoms. The molecular formula is C17H24N6O2. The van der Waals surface area contributed by atoms with E-state index in [-0.39, 0.29) is 12.6 Å². The van der Waals surface area contributed by atoms with Gasteiger partial charge in [0.15, 0.2) is 5.82 Å². The van der Waals surface area contributed by atoms with Crippen molar-refractivity contribution in [2.45, 2.75) is 52.6 Å². The standard InChI is InChI=1S/C17H24N6O2/c1-11-8-14(9-18-16(11)23-7-5-4-6-12(23)2)21-17(24)19-10-15-20-13(3)22-25-15/h8-9,12H,4-7,10H2,1-3H3,(H2,19,21,24). The minimum absolute atomic E-state index is 0.183. The summed E-state index contributed by atoms with van der Waals surface area (Å²) in [7, 11) is 0. The van der Waals surface area contributed by atoms with E-state index in [0.717, 1.165) is 17.9 Å². The number of anilines is 2. The Hall–Kier alpha value is -2.64. The van der Waals surface area contributed by atoms with Gasteiger partial charge in [-0.05, 0) is 51.7 Å². The zero-order valence-electron chi connectivity index (χ0n) is 14.9. The lowest BCUT2D eigenvalue weighted by atomic mass is 10.0. The molecule has 0 aliphatic carbocycles. The first-order valence-corrected chi connectivity index (χ1v) is 8.60. The first-order chi connectivity index (χ1) is 12.0. The lowest BCUT2D eigenvalue weighted by Gasteiger charge is -2.35. The van der Waals surface area contributed by atoms with E-state index in [4.69, 9.17) is 4.52 Å². The summed E-state index contributed by atoms with van der Waals surface area (Å²) < 4.78 is 4.96. The van der Waals surface area contributed by atoms with Crippen LogP contribution >= 0.6 is 0 Å². The van der Waals surface area contributed by atoms with Crippen molar-refractivity contribution >= 4 is 17.5 Å². The molecule has 0 radical (unpaired) electrons. The van der Waals surface area contributed by atoms with E-state index in [9.17, 15) is 4.79 Å². The van der Waals surface area contributed by atoms with Crippen molar-refractivity contribution < 1.29 is 9.32 Å². The molecule has 134 valence electrons. The second-order valence-corrected chi connectivity index (χ2v) is 6.45. The van der Waals surface area contributed by atoms with Crippen LogP contribution in [0.2, 0.25) is 0 Å². The zero-order valence-corrected chi connectivity index (χ0v) is 14.9. The van der Waals surface area contributed by atoms with Gasteiger partial charge in [0.05, 0.1) is 18.4 Å². The van der Waals surface area contributed by atoms with Gasteiger partial charge in [-0.3, -0.25) is 0 Å². The predicted molar refractivity (Wildman–Crippen MR) is 94.5 cm³/mol. The molecule has 8 nitrogen and oxygen atoms in total. The number of pyridine rings is 1. The topological polar surface area (TPSA) is 96.2 Å². The second-order valence-electron chi connectivity index (χ2n) is 6.45. The van der Waals surface area contributed by atoms with Gasteiger partial charge in [-0.2, -0.15) is 4.98 Å². The van der Waals surface area contributed by atoms with Crippen LogP contribution in [0.15, 0.2) is 16.8 Å². The highest BCUT2D eigenvalue weighted by atomic mass is 16.5. The van der Waals surface area contributed by atoms with Crippen molar-refractivity contribution in [1.82, 2.24) is 20.4 Å². The fourth-order valence-corrected chi connectivity index (χ4v) is 3.09. The third kappa shape index (κ3) is 4.26. The number of nitrogens with one attached hydrogen (secondary N) is 2. The Bertz CT molecular complexity index is 744. The summed E-state index contributed by atoms with van der Waals surface area (Å²) in [6.07, 6.45) is 5.36. The Labute approximate surface area is 147 Å². The van der Waals surface area contributed by atoms with Gasteiger partial charge in [-0.1, -0.05) is 5.16 Å². The molecule has 1 aliphatic heterocycles. The third-order valence-corrected chi connectivity index (χ3v) is 4.35. The molecule has 1 saturated heterocycles. The van der Waals surface area contributed by atoms with E-state index in [1.807, 2.05) is 13.0 Å². The average Bonchev–Trinajstić information content (AvgIpc) is 3.00. The number of hydrogen-bond acceptors (Lipinski definition) is 6. The quantitative estimate of drug-likeness (QED) is 0.885. The molecular weight excluding hydrogens is 320 g/mol. The van der Waals surface area contributed by atoms with Crippen molar-refractivity contribution in [3.63, 3.8) is 0 Å². The fourth-order valence-electron chi connectivity index (χ4n) is 3.09. The number of hydrogen-bond donors (Lipinski definition) is 2. The summed E-state index contributed by atoms with van der Waals surface area (Å²) in [5, 5.41) is 9.14. The maximum absolute atomic E-state index is 12.0. The molecule has 2 N–H and O–H groups in total. The molecule has 3 rings (SSSR count). The molecule has 1 atom stereocenters. The van der Waals surface area contributed by atoms with E-state index in [2.05, 4.69) is 37.6 Å². The number of aromatic nitrogens is 3. The fraction of sp³-hybridized carbons (Fsp3) is 0.529. The van der Waals surface area contributed by atoms with Gasteiger partial charge in [0.2, 0.25) is 5.89 Å². The van der Waals surface area contributed by atoms with E-state index >= 15 is 0 Å². The van der Waals surface area contributed by atoms with Gasteiger partial charge >= 0.3 is 6.03 Å². The SMILES string of the molecule is Cc1noc(CNC(=O)Nc2cnc(N3CCCCC3C)c(C)c2)n1. The predicted octanol–water partition coefficient (Wildman–Crippen LogP) is 2.78. The normalized spacial score (nSPS) is 17.4. The van der Waals surface area contributed by atoms with Crippen molar-refractivity contribution in [3.8, 4) is 0 Å². The maximum Gasteiger partial charge on any atom is 0.319 e. The minimum atomic E-state index is -0.337. The van der Waals surface area contributed by atoms with Crippen LogP contribution in [0.25, 0.3) is 0 Å². The lowest BCUT2D eigenvalue weighted by molar-refractivity contribution is 0.249.